The van der Waals surface area contributed by atoms with E-state index in [9.17, 15) is 9.59 Å². The molecule has 0 saturated carbocycles. The highest BCUT2D eigenvalue weighted by molar-refractivity contribution is 7.10. The van der Waals surface area contributed by atoms with Gasteiger partial charge in [0, 0.05) is 28.7 Å². The number of amides is 1. The van der Waals surface area contributed by atoms with Crippen molar-refractivity contribution in [3.8, 4) is 0 Å². The molecule has 1 aromatic carbocycles. The Morgan fingerprint density at radius 1 is 1.23 bits per heavy atom. The van der Waals surface area contributed by atoms with Gasteiger partial charge < -0.3 is 9.64 Å². The Balaban J connectivity index is 1.60. The number of aryl methyl sites for hydroxylation is 1. The quantitative estimate of drug-likeness (QED) is 0.397. The minimum atomic E-state index is -0.442. The second-order valence-electron chi connectivity index (χ2n) is 7.30. The molecule has 1 aliphatic heterocycles. The molecule has 1 amide bonds. The Bertz CT molecular complexity index is 1020. The molecule has 0 unspecified atom stereocenters. The van der Waals surface area contributed by atoms with Crippen molar-refractivity contribution in [1.82, 2.24) is 4.98 Å². The number of hydrogen-bond donors (Lipinski definition) is 0. The van der Waals surface area contributed by atoms with Gasteiger partial charge in [-0.1, -0.05) is 41.4 Å². The van der Waals surface area contributed by atoms with Crippen molar-refractivity contribution >= 4 is 40.5 Å². The van der Waals surface area contributed by atoms with E-state index >= 15 is 0 Å². The van der Waals surface area contributed by atoms with E-state index in [1.54, 1.807) is 34.6 Å². The van der Waals surface area contributed by atoms with Crippen LogP contribution in [-0.2, 0) is 20.9 Å². The monoisotopic (exact) mass is 440 g/mol. The molecule has 2 atom stereocenters. The summed E-state index contributed by atoms with van der Waals surface area (Å²) in [5, 5.41) is 2.35. The molecular weight excluding hydrogens is 420 g/mol. The van der Waals surface area contributed by atoms with Crippen LogP contribution in [0.1, 0.15) is 34.9 Å². The van der Waals surface area contributed by atoms with Crippen molar-refractivity contribution < 1.29 is 14.3 Å². The third-order valence-electron chi connectivity index (χ3n) is 5.22. The zero-order valence-electron chi connectivity index (χ0n) is 16.5. The van der Waals surface area contributed by atoms with Crippen molar-refractivity contribution in [2.24, 2.45) is 5.92 Å². The van der Waals surface area contributed by atoms with Gasteiger partial charge in [-0.25, -0.2) is 4.98 Å². The van der Waals surface area contributed by atoms with Gasteiger partial charge in [0.25, 0.3) is 0 Å². The lowest BCUT2D eigenvalue weighted by molar-refractivity contribution is -0.152. The molecule has 154 valence electrons. The number of nitrogens with zero attached hydrogens (tertiary/aromatic N) is 2. The molecule has 1 saturated heterocycles. The van der Waals surface area contributed by atoms with Crippen molar-refractivity contribution in [2.75, 3.05) is 4.90 Å². The number of anilines is 1. The van der Waals surface area contributed by atoms with E-state index in [0.717, 1.165) is 21.7 Å². The first kappa shape index (κ1) is 20.6. The molecule has 5 nitrogen and oxygen atoms in total. The minimum absolute atomic E-state index is 0.0169. The van der Waals surface area contributed by atoms with Gasteiger partial charge in [0.05, 0.1) is 12.0 Å². The second-order valence-corrected chi connectivity index (χ2v) is 8.67. The summed E-state index contributed by atoms with van der Waals surface area (Å²) in [5.74, 6) is -0.737. The van der Waals surface area contributed by atoms with E-state index in [4.69, 9.17) is 16.3 Å². The summed E-state index contributed by atoms with van der Waals surface area (Å²) in [6.45, 7) is 2.12. The number of carbonyl (C=O) groups is 2. The highest BCUT2D eigenvalue weighted by Crippen LogP contribution is 2.42. The molecule has 0 spiro atoms. The third kappa shape index (κ3) is 4.40. The van der Waals surface area contributed by atoms with Crippen LogP contribution in [0.5, 0.6) is 0 Å². The molecule has 30 heavy (non-hydrogen) atoms. The fourth-order valence-electron chi connectivity index (χ4n) is 3.69. The molecule has 3 heterocycles. The first-order chi connectivity index (χ1) is 14.5. The molecule has 0 aliphatic carbocycles. The summed E-state index contributed by atoms with van der Waals surface area (Å²) >= 11 is 7.36. The number of pyridine rings is 1. The maximum absolute atomic E-state index is 13.1. The normalized spacial score (nSPS) is 19.0. The van der Waals surface area contributed by atoms with E-state index in [-0.39, 0.29) is 24.5 Å². The summed E-state index contributed by atoms with van der Waals surface area (Å²) in [5.41, 5.74) is 2.68. The molecule has 0 radical (unpaired) electrons. The molecule has 1 aliphatic rings. The maximum Gasteiger partial charge on any atom is 0.311 e. The Labute approximate surface area is 184 Å². The smallest absolute Gasteiger partial charge is 0.311 e. The van der Waals surface area contributed by atoms with Gasteiger partial charge in [-0.2, -0.15) is 0 Å². The number of carbonyl (C=O) groups excluding carboxylic acids is 2. The molecule has 3 aromatic rings. The van der Waals surface area contributed by atoms with Gasteiger partial charge in [0.1, 0.15) is 11.8 Å². The van der Waals surface area contributed by atoms with Gasteiger partial charge in [-0.15, -0.1) is 11.3 Å². The van der Waals surface area contributed by atoms with Crippen LogP contribution >= 0.6 is 22.9 Å². The highest BCUT2D eigenvalue weighted by atomic mass is 35.5. The largest absolute Gasteiger partial charge is 0.460 e. The van der Waals surface area contributed by atoms with Crippen molar-refractivity contribution in [3.05, 3.63) is 81.3 Å². The molecular formula is C23H21ClN2O3S. The minimum Gasteiger partial charge on any atom is -0.460 e. The van der Waals surface area contributed by atoms with E-state index in [1.807, 2.05) is 48.7 Å². The third-order valence-corrected chi connectivity index (χ3v) is 6.38. The summed E-state index contributed by atoms with van der Waals surface area (Å²) < 4.78 is 5.62. The van der Waals surface area contributed by atoms with Crippen LogP contribution in [-0.4, -0.2) is 16.9 Å². The van der Waals surface area contributed by atoms with Crippen LogP contribution in [0.2, 0.25) is 5.15 Å². The van der Waals surface area contributed by atoms with E-state index in [2.05, 4.69) is 4.98 Å². The summed E-state index contributed by atoms with van der Waals surface area (Å²) in [7, 11) is 0. The number of aromatic nitrogens is 1. The van der Waals surface area contributed by atoms with Gasteiger partial charge in [-0.05, 0) is 43.0 Å². The Hall–Kier alpha value is -2.70. The number of rotatable bonds is 5. The predicted octanol–water partition coefficient (Wildman–Crippen LogP) is 5.33. The van der Waals surface area contributed by atoms with Gasteiger partial charge in [-0.3, -0.25) is 9.59 Å². The van der Waals surface area contributed by atoms with Crippen molar-refractivity contribution in [1.29, 1.82) is 0 Å². The van der Waals surface area contributed by atoms with Crippen LogP contribution < -0.4 is 4.90 Å². The van der Waals surface area contributed by atoms with Crippen molar-refractivity contribution in [3.63, 3.8) is 0 Å². The predicted molar refractivity (Wildman–Crippen MR) is 117 cm³/mol. The zero-order valence-corrected chi connectivity index (χ0v) is 18.0. The lowest BCUT2D eigenvalue weighted by Crippen LogP contribution is -2.45. The number of ether oxygens (including phenoxy) is 1. The fourth-order valence-corrected chi connectivity index (χ4v) is 4.68. The molecule has 0 bridgehead atoms. The summed E-state index contributed by atoms with van der Waals surface area (Å²) in [6, 6.07) is 14.8. The van der Waals surface area contributed by atoms with E-state index < -0.39 is 5.92 Å². The van der Waals surface area contributed by atoms with Crippen LogP contribution in [0.15, 0.2) is 60.1 Å². The molecule has 0 N–H and O–H groups in total. The lowest BCUT2D eigenvalue weighted by Gasteiger charge is -2.39. The van der Waals surface area contributed by atoms with E-state index in [0.29, 0.717) is 18.0 Å². The molecule has 7 heteroatoms. The molecule has 4 rings (SSSR count). The SMILES string of the molecule is Cc1ccc(N2C(=O)CC[C@H](C(=O)OCc3ccc(Cl)nc3)[C@H]2c2cccs2)cc1. The van der Waals surface area contributed by atoms with Crippen LogP contribution in [0, 0.1) is 12.8 Å². The second kappa shape index (κ2) is 8.98. The Morgan fingerprint density at radius 2 is 2.03 bits per heavy atom. The number of halogens is 1. The van der Waals surface area contributed by atoms with Crippen LogP contribution in [0.25, 0.3) is 0 Å². The summed E-state index contributed by atoms with van der Waals surface area (Å²) in [6.07, 6.45) is 2.36. The van der Waals surface area contributed by atoms with Crippen LogP contribution in [0.4, 0.5) is 5.69 Å². The topological polar surface area (TPSA) is 59.5 Å². The number of hydrogen-bond acceptors (Lipinski definition) is 5. The maximum atomic E-state index is 13.1. The highest BCUT2D eigenvalue weighted by Gasteiger charge is 2.42. The average molecular weight is 441 g/mol. The van der Waals surface area contributed by atoms with E-state index in [1.165, 1.54) is 0 Å². The standard InChI is InChI=1S/C23H21ClN2O3S/c1-15-4-7-17(8-5-15)26-21(27)11-9-18(22(26)19-3-2-12-30-19)23(28)29-14-16-6-10-20(24)25-13-16/h2-8,10,12-13,18,22H,9,11,14H2,1H3/t18-,22-/m0/s1. The van der Waals surface area contributed by atoms with Crippen LogP contribution in [0.3, 0.4) is 0 Å². The fraction of sp³-hybridized carbons (Fsp3) is 0.261. The van der Waals surface area contributed by atoms with Gasteiger partial charge in [0.2, 0.25) is 5.91 Å². The molecule has 1 fully saturated rings. The number of piperidine rings is 1. The zero-order chi connectivity index (χ0) is 21.1. The summed E-state index contributed by atoms with van der Waals surface area (Å²) in [4.78, 5) is 32.7. The number of thiophene rings is 1. The van der Waals surface area contributed by atoms with Gasteiger partial charge in [0.15, 0.2) is 0 Å². The Morgan fingerprint density at radius 3 is 2.70 bits per heavy atom. The molecule has 2 aromatic heterocycles. The van der Waals surface area contributed by atoms with Crippen molar-refractivity contribution in [2.45, 2.75) is 32.4 Å². The lowest BCUT2D eigenvalue weighted by atomic mass is 9.87. The Kier molecular flexibility index (Phi) is 6.16. The van der Waals surface area contributed by atoms with Gasteiger partial charge >= 0.3 is 5.97 Å². The average Bonchev–Trinajstić information content (AvgIpc) is 3.28. The number of benzene rings is 1. The number of esters is 1. The first-order valence-electron chi connectivity index (χ1n) is 9.72. The first-order valence-corrected chi connectivity index (χ1v) is 11.0.